The maximum atomic E-state index is 12.7. The number of H-pyrrole nitrogens is 1. The lowest BCUT2D eigenvalue weighted by Crippen LogP contribution is -2.14. The van der Waals surface area contributed by atoms with Crippen molar-refractivity contribution in [3.05, 3.63) is 111 Å². The minimum absolute atomic E-state index is 0.114. The van der Waals surface area contributed by atoms with Gasteiger partial charge >= 0.3 is 6.18 Å². The summed E-state index contributed by atoms with van der Waals surface area (Å²) in [6.45, 7) is 0.354. The van der Waals surface area contributed by atoms with Crippen LogP contribution in [0.25, 0.3) is 11.3 Å². The highest BCUT2D eigenvalue weighted by Crippen LogP contribution is 2.30. The second-order valence-electron chi connectivity index (χ2n) is 7.49. The molecule has 0 spiro atoms. The summed E-state index contributed by atoms with van der Waals surface area (Å²) in [6, 6.07) is 23.3. The van der Waals surface area contributed by atoms with Gasteiger partial charge in [0.2, 0.25) is 0 Å². The number of rotatable bonds is 7. The molecule has 0 unspecified atom stereocenters. The molecular weight excluding hydrogens is 475 g/mol. The van der Waals surface area contributed by atoms with Crippen LogP contribution in [0.15, 0.2) is 88.8 Å². The van der Waals surface area contributed by atoms with Gasteiger partial charge in [0, 0.05) is 11.3 Å². The number of thioether (sulfide) groups is 1. The third kappa shape index (κ3) is 6.11. The maximum absolute atomic E-state index is 12.7. The largest absolute Gasteiger partial charge is 0.489 e. The Morgan fingerprint density at radius 2 is 1.60 bits per heavy atom. The summed E-state index contributed by atoms with van der Waals surface area (Å²) in [5.41, 5.74) is 0.948. The zero-order valence-corrected chi connectivity index (χ0v) is 19.0. The molecule has 0 amide bonds. The molecular formula is C26H18F3N3O2S. The van der Waals surface area contributed by atoms with Crippen molar-refractivity contribution in [2.24, 2.45) is 0 Å². The first-order chi connectivity index (χ1) is 16.8. The fourth-order valence-electron chi connectivity index (χ4n) is 3.22. The minimum Gasteiger partial charge on any atom is -0.489 e. The molecule has 0 saturated heterocycles. The molecule has 0 atom stereocenters. The molecule has 0 saturated carbocycles. The number of nitrogens with zero attached hydrogens (tertiary/aromatic N) is 2. The number of aromatic amines is 1. The number of hydrogen-bond donors (Lipinski definition) is 1. The molecule has 5 nitrogen and oxygen atoms in total. The van der Waals surface area contributed by atoms with Crippen LogP contribution in [-0.2, 0) is 18.5 Å². The minimum atomic E-state index is -4.40. The van der Waals surface area contributed by atoms with E-state index in [0.717, 1.165) is 35.2 Å². The van der Waals surface area contributed by atoms with Gasteiger partial charge in [-0.05, 0) is 35.4 Å². The van der Waals surface area contributed by atoms with Crippen LogP contribution >= 0.6 is 11.8 Å². The van der Waals surface area contributed by atoms with E-state index in [9.17, 15) is 23.2 Å². The second kappa shape index (κ2) is 10.5. The van der Waals surface area contributed by atoms with E-state index >= 15 is 0 Å². The molecule has 0 bridgehead atoms. The van der Waals surface area contributed by atoms with Gasteiger partial charge in [0.25, 0.3) is 5.56 Å². The van der Waals surface area contributed by atoms with Crippen molar-refractivity contribution in [1.82, 2.24) is 9.97 Å². The Kier molecular flexibility index (Phi) is 7.22. The van der Waals surface area contributed by atoms with Crippen molar-refractivity contribution in [3.8, 4) is 23.1 Å². The molecule has 0 aliphatic heterocycles. The predicted octanol–water partition coefficient (Wildman–Crippen LogP) is 6.20. The Morgan fingerprint density at radius 1 is 0.943 bits per heavy atom. The van der Waals surface area contributed by atoms with Gasteiger partial charge in [-0.3, -0.25) is 4.79 Å². The Morgan fingerprint density at radius 3 is 2.23 bits per heavy atom. The zero-order chi connectivity index (χ0) is 24.8. The molecule has 176 valence electrons. The van der Waals surface area contributed by atoms with Crippen LogP contribution in [-0.4, -0.2) is 9.97 Å². The summed E-state index contributed by atoms with van der Waals surface area (Å²) < 4.78 is 44.0. The van der Waals surface area contributed by atoms with E-state index < -0.39 is 17.3 Å². The predicted molar refractivity (Wildman–Crippen MR) is 127 cm³/mol. The van der Waals surface area contributed by atoms with Crippen molar-refractivity contribution >= 4 is 11.8 Å². The molecule has 4 aromatic rings. The molecule has 0 radical (unpaired) electrons. The highest BCUT2D eigenvalue weighted by molar-refractivity contribution is 7.98. The van der Waals surface area contributed by atoms with Gasteiger partial charge in [0.1, 0.15) is 24.0 Å². The van der Waals surface area contributed by atoms with E-state index in [0.29, 0.717) is 23.5 Å². The fourth-order valence-corrected chi connectivity index (χ4v) is 4.03. The van der Waals surface area contributed by atoms with Crippen LogP contribution in [0.2, 0.25) is 0 Å². The van der Waals surface area contributed by atoms with Crippen molar-refractivity contribution in [3.63, 3.8) is 0 Å². The monoisotopic (exact) mass is 493 g/mol. The van der Waals surface area contributed by atoms with E-state index in [1.54, 1.807) is 12.1 Å². The lowest BCUT2D eigenvalue weighted by atomic mass is 10.1. The van der Waals surface area contributed by atoms with Crippen LogP contribution in [0.5, 0.6) is 5.75 Å². The summed E-state index contributed by atoms with van der Waals surface area (Å²) in [4.78, 5) is 19.5. The number of aromatic nitrogens is 2. The van der Waals surface area contributed by atoms with E-state index in [4.69, 9.17) is 4.74 Å². The van der Waals surface area contributed by atoms with Gasteiger partial charge in [-0.15, -0.1) is 0 Å². The highest BCUT2D eigenvalue weighted by Gasteiger charge is 2.29. The smallest absolute Gasteiger partial charge is 0.416 e. The van der Waals surface area contributed by atoms with Crippen LogP contribution < -0.4 is 10.3 Å². The number of nitriles is 1. The van der Waals surface area contributed by atoms with Crippen LogP contribution in [0.3, 0.4) is 0 Å². The molecule has 0 aliphatic carbocycles. The summed E-state index contributed by atoms with van der Waals surface area (Å²) in [5, 5.41) is 9.75. The average molecular weight is 494 g/mol. The van der Waals surface area contributed by atoms with Gasteiger partial charge in [-0.1, -0.05) is 66.4 Å². The lowest BCUT2D eigenvalue weighted by molar-refractivity contribution is -0.137. The van der Waals surface area contributed by atoms with Crippen molar-refractivity contribution < 1.29 is 17.9 Å². The first-order valence-corrected chi connectivity index (χ1v) is 11.4. The van der Waals surface area contributed by atoms with Gasteiger partial charge in [-0.25, -0.2) is 4.98 Å². The average Bonchev–Trinajstić information content (AvgIpc) is 2.86. The lowest BCUT2D eigenvalue weighted by Gasteiger charge is -2.09. The normalized spacial score (nSPS) is 11.1. The van der Waals surface area contributed by atoms with E-state index in [2.05, 4.69) is 9.97 Å². The summed E-state index contributed by atoms with van der Waals surface area (Å²) >= 11 is 1.16. The standard InChI is InChI=1S/C26H18F3N3O2S/c27-26(28,29)20-12-8-18(9-13-20)16-35-25-31-23(22(14-30)24(33)32-25)19-10-6-17(7-11-19)15-34-21-4-2-1-3-5-21/h1-13H,15-16H2,(H,31,32,33). The number of ether oxygens (including phenoxy) is 1. The first kappa shape index (κ1) is 24.1. The maximum Gasteiger partial charge on any atom is 0.416 e. The van der Waals surface area contributed by atoms with Gasteiger partial charge in [0.05, 0.1) is 11.3 Å². The summed E-state index contributed by atoms with van der Waals surface area (Å²) in [5.74, 6) is 1.04. The molecule has 1 aromatic heterocycles. The molecule has 0 aliphatic rings. The van der Waals surface area contributed by atoms with Crippen molar-refractivity contribution in [2.75, 3.05) is 0 Å². The molecule has 1 N–H and O–H groups in total. The number of alkyl halides is 3. The highest BCUT2D eigenvalue weighted by atomic mass is 32.2. The number of halogens is 3. The number of benzene rings is 3. The summed E-state index contributed by atoms with van der Waals surface area (Å²) in [6.07, 6.45) is -4.40. The third-order valence-corrected chi connectivity index (χ3v) is 5.99. The zero-order valence-electron chi connectivity index (χ0n) is 18.2. The van der Waals surface area contributed by atoms with E-state index in [1.165, 1.54) is 12.1 Å². The molecule has 3 aromatic carbocycles. The van der Waals surface area contributed by atoms with Gasteiger partial charge in [0.15, 0.2) is 5.16 Å². The van der Waals surface area contributed by atoms with Gasteiger partial charge < -0.3 is 9.72 Å². The molecule has 0 fully saturated rings. The number of hydrogen-bond acceptors (Lipinski definition) is 5. The fraction of sp³-hybridized carbons (Fsp3) is 0.115. The molecule has 9 heteroatoms. The first-order valence-electron chi connectivity index (χ1n) is 10.4. The molecule has 35 heavy (non-hydrogen) atoms. The Bertz CT molecular complexity index is 1400. The van der Waals surface area contributed by atoms with Gasteiger partial charge in [-0.2, -0.15) is 18.4 Å². The third-order valence-electron chi connectivity index (χ3n) is 5.04. The Labute approximate surface area is 203 Å². The topological polar surface area (TPSA) is 78.8 Å². The van der Waals surface area contributed by atoms with Crippen molar-refractivity contribution in [1.29, 1.82) is 5.26 Å². The Hall–Kier alpha value is -4.03. The second-order valence-corrected chi connectivity index (χ2v) is 8.45. The Balaban J connectivity index is 1.50. The van der Waals surface area contributed by atoms with Crippen LogP contribution in [0.4, 0.5) is 13.2 Å². The van der Waals surface area contributed by atoms with E-state index in [-0.39, 0.29) is 16.4 Å². The van der Waals surface area contributed by atoms with Crippen LogP contribution in [0, 0.1) is 11.3 Å². The van der Waals surface area contributed by atoms with Crippen molar-refractivity contribution in [2.45, 2.75) is 23.7 Å². The number of para-hydroxylation sites is 1. The molecule has 4 rings (SSSR count). The SMILES string of the molecule is N#Cc1c(-c2ccc(COc3ccccc3)cc2)nc(SCc2ccc(C(F)(F)F)cc2)[nH]c1=O. The molecule has 1 heterocycles. The van der Waals surface area contributed by atoms with Crippen LogP contribution in [0.1, 0.15) is 22.3 Å². The quantitative estimate of drug-likeness (QED) is 0.245. The van der Waals surface area contributed by atoms with E-state index in [1.807, 2.05) is 48.5 Å². The summed E-state index contributed by atoms with van der Waals surface area (Å²) in [7, 11) is 0. The number of nitrogens with one attached hydrogen (secondary N) is 1.